The van der Waals surface area contributed by atoms with Crippen molar-refractivity contribution in [3.8, 4) is 0 Å². The number of β-amino-alcohol motifs (C(OH)–C–C–N with tert-alkyl or cyclic N) is 1. The maximum Gasteiger partial charge on any atom is 1.00 e. The Morgan fingerprint density at radius 3 is 2.18 bits per heavy atom. The zero-order valence-electron chi connectivity index (χ0n) is 12.7. The first-order valence-electron chi connectivity index (χ1n) is 6.15. The Bertz CT molecular complexity index is 650. The quantitative estimate of drug-likeness (QED) is 0.418. The maximum atomic E-state index is 12.0. The van der Waals surface area contributed by atoms with Gasteiger partial charge in [-0.15, -0.1) is 0 Å². The van der Waals surface area contributed by atoms with Gasteiger partial charge in [-0.2, -0.15) is 6.67 Å². The Morgan fingerprint density at radius 2 is 1.73 bits per heavy atom. The number of aromatic nitrogens is 2. The molecule has 0 bridgehead atoms. The van der Waals surface area contributed by atoms with Gasteiger partial charge in [-0.05, 0) is 14.0 Å². The molecule has 0 saturated heterocycles. The second-order valence-electron chi connectivity index (χ2n) is 4.51. The smallest absolute Gasteiger partial charge is 0.550 e. The Morgan fingerprint density at radius 1 is 1.23 bits per heavy atom. The Labute approximate surface area is 142 Å². The van der Waals surface area contributed by atoms with Crippen molar-refractivity contribution in [3.63, 3.8) is 0 Å². The first-order chi connectivity index (χ1) is 9.72. The second kappa shape index (κ2) is 8.18. The van der Waals surface area contributed by atoms with Gasteiger partial charge in [-0.25, -0.2) is 4.79 Å². The molecule has 0 aliphatic carbocycles. The van der Waals surface area contributed by atoms with Crippen LogP contribution >= 0.6 is 0 Å². The molecule has 22 heavy (non-hydrogen) atoms. The van der Waals surface area contributed by atoms with E-state index in [1.165, 1.54) is 11.6 Å². The molecule has 0 aromatic carbocycles. The minimum Gasteiger partial charge on any atom is -0.550 e. The summed E-state index contributed by atoms with van der Waals surface area (Å²) in [4.78, 5) is 36.1. The van der Waals surface area contributed by atoms with Gasteiger partial charge in [0.25, 0.3) is 5.56 Å². The summed E-state index contributed by atoms with van der Waals surface area (Å²) in [6.07, 6.45) is 0. The number of hydrogen-bond donors (Lipinski definition) is 1. The monoisotopic (exact) mass is 405 g/mol. The van der Waals surface area contributed by atoms with Crippen LogP contribution in [-0.2, 0) is 41.3 Å². The number of aliphatic hydroxyl groups is 1. The van der Waals surface area contributed by atoms with E-state index in [4.69, 9.17) is 15.0 Å². The molecule has 2 rings (SSSR count). The predicted molar refractivity (Wildman–Crippen MR) is 74.7 cm³/mol. The first kappa shape index (κ1) is 20.5. The fourth-order valence-electron chi connectivity index (χ4n) is 2.07. The molecule has 0 fully saturated rings. The van der Waals surface area contributed by atoms with Crippen LogP contribution in [0.2, 0.25) is 0 Å². The SMILES string of the molecule is CC(=O)[O-].CN1[CH-]N(CCO)c2c1n(C)c(=O)n(C)c2=O.[Ag+]. The molecule has 0 radical (unpaired) electrons. The van der Waals surface area contributed by atoms with Crippen molar-refractivity contribution in [1.82, 2.24) is 9.13 Å². The van der Waals surface area contributed by atoms with Crippen molar-refractivity contribution in [3.05, 3.63) is 27.5 Å². The average molecular weight is 406 g/mol. The van der Waals surface area contributed by atoms with Gasteiger partial charge >= 0.3 is 28.1 Å². The first-order valence-corrected chi connectivity index (χ1v) is 6.15. The Hall–Kier alpha value is -1.55. The van der Waals surface area contributed by atoms with E-state index in [0.29, 0.717) is 18.1 Å². The van der Waals surface area contributed by atoms with Crippen LogP contribution in [0.3, 0.4) is 0 Å². The number of rotatable bonds is 2. The van der Waals surface area contributed by atoms with Crippen LogP contribution in [0, 0.1) is 6.67 Å². The summed E-state index contributed by atoms with van der Waals surface area (Å²) in [5.41, 5.74) is -0.289. The molecular weight excluding hydrogens is 388 g/mol. The number of nitrogens with zero attached hydrogens (tertiary/aromatic N) is 4. The summed E-state index contributed by atoms with van der Waals surface area (Å²) in [6.45, 7) is 2.93. The molecule has 1 aliphatic rings. The number of anilines is 2. The van der Waals surface area contributed by atoms with Crippen molar-refractivity contribution in [2.75, 3.05) is 30.0 Å². The number of hydrogen-bond acceptors (Lipinski definition) is 7. The molecule has 128 valence electrons. The standard InChI is InChI=1S/C10H15N4O3.C2H4O2.Ag/c1-11-6-14(4-5-15)7-8(11)12(2)10(17)13(3)9(7)16;1-2(3)4;/h6,15H,4-5H2,1-3H3;1H3,(H,3,4);/q-1;;+1/p-1. The van der Waals surface area contributed by atoms with Crippen molar-refractivity contribution in [2.24, 2.45) is 14.1 Å². The maximum absolute atomic E-state index is 12.0. The van der Waals surface area contributed by atoms with Crippen molar-refractivity contribution < 1.29 is 37.4 Å². The van der Waals surface area contributed by atoms with Crippen molar-refractivity contribution in [1.29, 1.82) is 0 Å². The zero-order chi connectivity index (χ0) is 16.3. The summed E-state index contributed by atoms with van der Waals surface area (Å²) >= 11 is 0. The van der Waals surface area contributed by atoms with E-state index in [1.54, 1.807) is 30.6 Å². The van der Waals surface area contributed by atoms with Gasteiger partial charge < -0.3 is 24.8 Å². The summed E-state index contributed by atoms with van der Waals surface area (Å²) in [6, 6.07) is 0. The van der Waals surface area contributed by atoms with Crippen LogP contribution in [-0.4, -0.2) is 40.4 Å². The molecule has 0 atom stereocenters. The van der Waals surface area contributed by atoms with Crippen LogP contribution in [0.15, 0.2) is 9.59 Å². The molecule has 0 amide bonds. The molecule has 1 aromatic heterocycles. The molecule has 1 N–H and O–H groups in total. The fraction of sp³-hybridized carbons (Fsp3) is 0.500. The van der Waals surface area contributed by atoms with E-state index in [0.717, 1.165) is 11.5 Å². The third kappa shape index (κ3) is 4.01. The summed E-state index contributed by atoms with van der Waals surface area (Å²) < 4.78 is 2.49. The molecule has 1 aliphatic heterocycles. The van der Waals surface area contributed by atoms with Crippen LogP contribution in [0.4, 0.5) is 11.5 Å². The largest absolute Gasteiger partial charge is 1.00 e. The molecule has 1 aromatic rings. The number of aliphatic hydroxyl groups excluding tert-OH is 1. The van der Waals surface area contributed by atoms with E-state index in [9.17, 15) is 9.59 Å². The molecule has 9 nitrogen and oxygen atoms in total. The molecular formula is C12H18AgN4O5-. The van der Waals surface area contributed by atoms with Crippen molar-refractivity contribution >= 4 is 17.5 Å². The van der Waals surface area contributed by atoms with Gasteiger partial charge in [0.15, 0.2) is 0 Å². The average Bonchev–Trinajstić information content (AvgIpc) is 2.70. The fourth-order valence-corrected chi connectivity index (χ4v) is 2.07. The number of carbonyl (C=O) groups excluding carboxylic acids is 1. The van der Waals surface area contributed by atoms with Gasteiger partial charge in [-0.1, -0.05) is 0 Å². The van der Waals surface area contributed by atoms with Gasteiger partial charge in [0, 0.05) is 26.6 Å². The number of carboxylic acids is 1. The van der Waals surface area contributed by atoms with Crippen molar-refractivity contribution in [2.45, 2.75) is 6.92 Å². The number of fused-ring (bicyclic) bond motifs is 1. The second-order valence-corrected chi connectivity index (χ2v) is 4.51. The predicted octanol–water partition coefficient (Wildman–Crippen LogP) is -2.79. The topological polar surface area (TPSA) is 111 Å². The summed E-state index contributed by atoms with van der Waals surface area (Å²) in [7, 11) is 4.82. The zero-order valence-corrected chi connectivity index (χ0v) is 14.1. The third-order valence-electron chi connectivity index (χ3n) is 2.89. The van der Waals surface area contributed by atoms with Gasteiger partial charge in [-0.3, -0.25) is 13.9 Å². The van der Waals surface area contributed by atoms with E-state index in [1.807, 2.05) is 0 Å². The minimum absolute atomic E-state index is 0. The molecule has 2 heterocycles. The van der Waals surface area contributed by atoms with E-state index < -0.39 is 5.97 Å². The Kier molecular flexibility index (Phi) is 7.60. The van der Waals surface area contributed by atoms with E-state index in [-0.39, 0.29) is 40.2 Å². The summed E-state index contributed by atoms with van der Waals surface area (Å²) in [5, 5.41) is 17.9. The molecule has 0 spiro atoms. The number of carbonyl (C=O) groups is 1. The molecule has 0 saturated carbocycles. The van der Waals surface area contributed by atoms with Crippen LogP contribution in [0.25, 0.3) is 0 Å². The van der Waals surface area contributed by atoms with Crippen LogP contribution in [0.5, 0.6) is 0 Å². The van der Waals surface area contributed by atoms with Gasteiger partial charge in [0.2, 0.25) is 0 Å². The van der Waals surface area contributed by atoms with E-state index in [2.05, 4.69) is 0 Å². The number of carboxylic acid groups (broad SMARTS) is 1. The van der Waals surface area contributed by atoms with Gasteiger partial charge in [0.05, 0.1) is 6.61 Å². The minimum atomic E-state index is -1.08. The third-order valence-corrected chi connectivity index (χ3v) is 2.89. The van der Waals surface area contributed by atoms with Crippen LogP contribution in [0.1, 0.15) is 6.92 Å². The molecule has 0 unspecified atom stereocenters. The number of aliphatic carboxylic acids is 1. The molecule has 10 heteroatoms. The van der Waals surface area contributed by atoms with Crippen LogP contribution < -0.4 is 26.2 Å². The normalized spacial score (nSPS) is 12.2. The summed E-state index contributed by atoms with van der Waals surface area (Å²) in [5.74, 6) is -0.536. The van der Waals surface area contributed by atoms with E-state index >= 15 is 0 Å². The Balaban J connectivity index is 0.000000791. The van der Waals surface area contributed by atoms with Gasteiger partial charge in [0.1, 0.15) is 11.5 Å².